The molecule has 0 spiro atoms. The number of pyridine rings is 1. The number of ether oxygens (including phenoxy) is 1. The van der Waals surface area contributed by atoms with Crippen LogP contribution in [0.5, 0.6) is 0 Å². The number of fused-ring (bicyclic) bond motifs is 1. The van der Waals surface area contributed by atoms with E-state index in [1.165, 1.54) is 19.1 Å². The van der Waals surface area contributed by atoms with Crippen LogP contribution in [0.25, 0.3) is 0 Å². The molecule has 1 aromatic heterocycles. The van der Waals surface area contributed by atoms with E-state index in [0.717, 1.165) is 29.7 Å². The summed E-state index contributed by atoms with van der Waals surface area (Å²) in [6.45, 7) is 0.320. The van der Waals surface area contributed by atoms with Gasteiger partial charge in [-0.2, -0.15) is 0 Å². The minimum atomic E-state index is -3.34. The van der Waals surface area contributed by atoms with Gasteiger partial charge in [-0.05, 0) is 49.4 Å². The van der Waals surface area contributed by atoms with E-state index in [-0.39, 0.29) is 23.1 Å². The number of aryl methyl sites for hydroxylation is 1. The Balaban J connectivity index is 1.68. The van der Waals surface area contributed by atoms with Crippen LogP contribution >= 0.6 is 23.8 Å². The third kappa shape index (κ3) is 3.76. The van der Waals surface area contributed by atoms with Crippen molar-refractivity contribution in [2.45, 2.75) is 43.6 Å². The molecule has 1 saturated heterocycles. The van der Waals surface area contributed by atoms with E-state index >= 15 is 0 Å². The van der Waals surface area contributed by atoms with Crippen molar-refractivity contribution in [3.05, 3.63) is 63.7 Å². The second-order valence-corrected chi connectivity index (χ2v) is 8.75. The summed E-state index contributed by atoms with van der Waals surface area (Å²) in [6, 6.07) is 6.31. The van der Waals surface area contributed by atoms with E-state index < -0.39 is 23.9 Å². The van der Waals surface area contributed by atoms with Gasteiger partial charge in [-0.1, -0.05) is 36.0 Å². The molecule has 1 unspecified atom stereocenters. The van der Waals surface area contributed by atoms with Gasteiger partial charge in [-0.15, -0.1) is 0 Å². The van der Waals surface area contributed by atoms with Crippen molar-refractivity contribution in [3.8, 4) is 0 Å². The van der Waals surface area contributed by atoms with Gasteiger partial charge in [0.15, 0.2) is 0 Å². The lowest BCUT2D eigenvalue weighted by Crippen LogP contribution is -2.56. The second kappa shape index (κ2) is 7.52. The highest BCUT2D eigenvalue weighted by atomic mass is 35.5. The Kier molecular flexibility index (Phi) is 5.34. The maximum absolute atomic E-state index is 14.9. The minimum Gasteiger partial charge on any atom is -0.368 e. The van der Waals surface area contributed by atoms with Crippen LogP contribution in [0.4, 0.5) is 13.2 Å². The maximum Gasteiger partial charge on any atom is 0.297 e. The Morgan fingerprint density at radius 1 is 1.34 bits per heavy atom. The molecule has 8 heteroatoms. The van der Waals surface area contributed by atoms with Gasteiger partial charge >= 0.3 is 0 Å². The first-order valence-corrected chi connectivity index (χ1v) is 10.2. The van der Waals surface area contributed by atoms with Crippen molar-refractivity contribution < 1.29 is 17.9 Å². The molecule has 1 N–H and O–H groups in total. The molecule has 0 saturated carbocycles. The SMILES string of the molecule is C[C@]1(c2cc(CC3CCc4cc(Cl)cnc43)ccc2F)NC(=S)COCC1(F)F. The van der Waals surface area contributed by atoms with Gasteiger partial charge in [0.2, 0.25) is 0 Å². The van der Waals surface area contributed by atoms with Gasteiger partial charge in [-0.25, -0.2) is 13.2 Å². The average molecular weight is 441 g/mol. The number of benzene rings is 1. The molecule has 1 fully saturated rings. The molecular weight excluding hydrogens is 421 g/mol. The Labute approximate surface area is 177 Å². The molecule has 2 heterocycles. The highest BCUT2D eigenvalue weighted by Crippen LogP contribution is 2.41. The van der Waals surface area contributed by atoms with Crippen LogP contribution in [0, 0.1) is 5.82 Å². The fourth-order valence-electron chi connectivity index (χ4n) is 4.18. The normalized spacial score (nSPS) is 26.0. The van der Waals surface area contributed by atoms with Crippen LogP contribution in [0.15, 0.2) is 30.5 Å². The monoisotopic (exact) mass is 440 g/mol. The third-order valence-corrected chi connectivity index (χ3v) is 6.23. The number of aromatic nitrogens is 1. The Morgan fingerprint density at radius 2 is 2.14 bits per heavy atom. The zero-order chi connectivity index (χ0) is 20.8. The summed E-state index contributed by atoms with van der Waals surface area (Å²) in [5.74, 6) is -3.91. The lowest BCUT2D eigenvalue weighted by atomic mass is 9.83. The van der Waals surface area contributed by atoms with E-state index in [0.29, 0.717) is 11.4 Å². The molecular formula is C21H20ClF3N2OS. The first-order chi connectivity index (χ1) is 13.7. The summed E-state index contributed by atoms with van der Waals surface area (Å²) in [7, 11) is 0. The van der Waals surface area contributed by atoms with Crippen LogP contribution in [0.1, 0.15) is 41.6 Å². The number of thiocarbonyl (C=S) groups is 1. The van der Waals surface area contributed by atoms with Crippen molar-refractivity contribution in [3.63, 3.8) is 0 Å². The number of nitrogens with zero attached hydrogens (tertiary/aromatic N) is 1. The van der Waals surface area contributed by atoms with Crippen LogP contribution in [0.3, 0.4) is 0 Å². The van der Waals surface area contributed by atoms with E-state index in [9.17, 15) is 13.2 Å². The van der Waals surface area contributed by atoms with Gasteiger partial charge < -0.3 is 10.1 Å². The van der Waals surface area contributed by atoms with Crippen molar-refractivity contribution in [1.29, 1.82) is 0 Å². The van der Waals surface area contributed by atoms with Crippen molar-refractivity contribution in [2.75, 3.05) is 13.2 Å². The fourth-order valence-corrected chi connectivity index (χ4v) is 4.65. The summed E-state index contributed by atoms with van der Waals surface area (Å²) in [6.07, 6.45) is 3.95. The molecule has 0 bridgehead atoms. The Morgan fingerprint density at radius 3 is 2.93 bits per heavy atom. The van der Waals surface area contributed by atoms with Crippen LogP contribution < -0.4 is 5.32 Å². The van der Waals surface area contributed by atoms with Crippen LogP contribution in [0.2, 0.25) is 5.02 Å². The number of nitrogens with one attached hydrogen (secondary N) is 1. The zero-order valence-electron chi connectivity index (χ0n) is 15.8. The molecule has 1 aromatic carbocycles. The summed E-state index contributed by atoms with van der Waals surface area (Å²) >= 11 is 11.1. The molecule has 4 rings (SSSR count). The summed E-state index contributed by atoms with van der Waals surface area (Å²) < 4.78 is 49.5. The lowest BCUT2D eigenvalue weighted by Gasteiger charge is -2.37. The molecule has 2 aliphatic rings. The molecule has 3 nitrogen and oxygen atoms in total. The smallest absolute Gasteiger partial charge is 0.297 e. The summed E-state index contributed by atoms with van der Waals surface area (Å²) in [4.78, 5) is 4.58. The maximum atomic E-state index is 14.9. The fraction of sp³-hybridized carbons (Fsp3) is 0.429. The quantitative estimate of drug-likeness (QED) is 0.685. The van der Waals surface area contributed by atoms with Crippen molar-refractivity contribution >= 4 is 28.8 Å². The molecule has 0 radical (unpaired) electrons. The molecule has 1 aliphatic heterocycles. The zero-order valence-corrected chi connectivity index (χ0v) is 17.3. The molecule has 2 aromatic rings. The van der Waals surface area contributed by atoms with Crippen LogP contribution in [-0.4, -0.2) is 29.1 Å². The first kappa shape index (κ1) is 20.6. The van der Waals surface area contributed by atoms with Crippen molar-refractivity contribution in [2.24, 2.45) is 0 Å². The number of hydrogen-bond donors (Lipinski definition) is 1. The van der Waals surface area contributed by atoms with Gasteiger partial charge in [0.05, 0.1) is 11.6 Å². The number of alkyl halides is 2. The summed E-state index contributed by atoms with van der Waals surface area (Å²) in [5, 5.41) is 3.23. The van der Waals surface area contributed by atoms with E-state index in [1.807, 2.05) is 6.07 Å². The predicted molar refractivity (Wildman–Crippen MR) is 109 cm³/mol. The highest BCUT2D eigenvalue weighted by Gasteiger charge is 2.54. The molecule has 0 amide bonds. The molecule has 29 heavy (non-hydrogen) atoms. The van der Waals surface area contributed by atoms with Crippen molar-refractivity contribution in [1.82, 2.24) is 10.3 Å². The highest BCUT2D eigenvalue weighted by molar-refractivity contribution is 7.80. The van der Waals surface area contributed by atoms with E-state index in [1.54, 1.807) is 12.3 Å². The third-order valence-electron chi connectivity index (χ3n) is 5.81. The standard InChI is InChI=1S/C21H20ClF3N2OS/c1-20(21(24,25)11-28-10-18(29)27-20)16-7-12(2-5-17(16)23)6-13-3-4-14-8-15(22)9-26-19(13)14/h2,5,7-9,13H,3-4,6,10-11H2,1H3,(H,27,29)/t13?,20-/m1/s1. The number of hydrogen-bond acceptors (Lipinski definition) is 3. The minimum absolute atomic E-state index is 0.116. The van der Waals surface area contributed by atoms with Gasteiger partial charge in [0.1, 0.15) is 23.0 Å². The predicted octanol–water partition coefficient (Wildman–Crippen LogP) is 4.94. The molecule has 1 aliphatic carbocycles. The second-order valence-electron chi connectivity index (χ2n) is 7.82. The van der Waals surface area contributed by atoms with Crippen LogP contribution in [-0.2, 0) is 23.1 Å². The van der Waals surface area contributed by atoms with Gasteiger partial charge in [0.25, 0.3) is 5.92 Å². The average Bonchev–Trinajstić information content (AvgIpc) is 2.99. The molecule has 154 valence electrons. The van der Waals surface area contributed by atoms with E-state index in [4.69, 9.17) is 28.6 Å². The molecule has 2 atom stereocenters. The Hall–Kier alpha value is -1.70. The first-order valence-electron chi connectivity index (χ1n) is 9.39. The largest absolute Gasteiger partial charge is 0.368 e. The van der Waals surface area contributed by atoms with E-state index in [2.05, 4.69) is 10.3 Å². The van der Waals surface area contributed by atoms with Gasteiger partial charge in [-0.3, -0.25) is 4.98 Å². The van der Waals surface area contributed by atoms with Gasteiger partial charge in [0, 0.05) is 23.4 Å². The lowest BCUT2D eigenvalue weighted by molar-refractivity contribution is -0.120. The number of halogens is 4. The summed E-state index contributed by atoms with van der Waals surface area (Å²) in [5.41, 5.74) is 0.733. The Bertz CT molecular complexity index is 971. The topological polar surface area (TPSA) is 34.2 Å². The number of rotatable bonds is 3.